The topological polar surface area (TPSA) is 59.8 Å². The third kappa shape index (κ3) is 3.81. The van der Waals surface area contributed by atoms with Gasteiger partial charge in [-0.25, -0.2) is 0 Å². The first kappa shape index (κ1) is 16.1. The number of amides is 1. The fourth-order valence-electron chi connectivity index (χ4n) is 3.44. The predicted octanol–water partition coefficient (Wildman–Crippen LogP) is 3.30. The molecule has 0 radical (unpaired) electrons. The zero-order valence-electron chi connectivity index (χ0n) is 14.4. The lowest BCUT2D eigenvalue weighted by atomic mass is 9.94. The number of hydrogen-bond donors (Lipinski definition) is 1. The fraction of sp³-hybridized carbons (Fsp3) is 0.450. The Hall–Kier alpha value is -2.43. The predicted molar refractivity (Wildman–Crippen MR) is 96.9 cm³/mol. The van der Waals surface area contributed by atoms with Gasteiger partial charge in [-0.1, -0.05) is 12.2 Å². The van der Waals surface area contributed by atoms with E-state index in [0.29, 0.717) is 12.5 Å². The number of nitrogens with one attached hydrogen (secondary N) is 1. The molecule has 1 fully saturated rings. The van der Waals surface area contributed by atoms with Crippen molar-refractivity contribution in [3.63, 3.8) is 0 Å². The summed E-state index contributed by atoms with van der Waals surface area (Å²) in [5.41, 5.74) is 3.38. The Balaban J connectivity index is 1.40. The van der Waals surface area contributed by atoms with E-state index < -0.39 is 0 Å². The lowest BCUT2D eigenvalue weighted by Crippen LogP contribution is -2.33. The molecule has 1 saturated carbocycles. The van der Waals surface area contributed by atoms with Crippen LogP contribution in [0, 0.1) is 5.92 Å². The smallest absolute Gasteiger partial charge is 0.223 e. The van der Waals surface area contributed by atoms with Crippen LogP contribution in [0.15, 0.2) is 42.7 Å². The summed E-state index contributed by atoms with van der Waals surface area (Å²) < 4.78 is 2.08. The number of pyridine rings is 1. The molecule has 1 N–H and O–H groups in total. The summed E-state index contributed by atoms with van der Waals surface area (Å²) in [6, 6.07) is 6.17. The van der Waals surface area contributed by atoms with Crippen LogP contribution in [-0.4, -0.2) is 27.2 Å². The molecule has 5 heteroatoms. The molecule has 25 heavy (non-hydrogen) atoms. The van der Waals surface area contributed by atoms with Crippen LogP contribution in [0.3, 0.4) is 0 Å². The molecule has 2 aliphatic rings. The van der Waals surface area contributed by atoms with Crippen LogP contribution in [0.25, 0.3) is 11.3 Å². The van der Waals surface area contributed by atoms with E-state index in [0.717, 1.165) is 37.1 Å². The minimum absolute atomic E-state index is 0.137. The van der Waals surface area contributed by atoms with Gasteiger partial charge in [0.15, 0.2) is 0 Å². The van der Waals surface area contributed by atoms with Gasteiger partial charge in [0.25, 0.3) is 0 Å². The monoisotopic (exact) mass is 336 g/mol. The molecule has 0 bridgehead atoms. The Bertz CT molecular complexity index is 761. The molecule has 0 saturated heterocycles. The Morgan fingerprint density at radius 3 is 2.76 bits per heavy atom. The largest absolute Gasteiger partial charge is 0.354 e. The minimum Gasteiger partial charge on any atom is -0.354 e. The number of rotatable bonds is 6. The highest BCUT2D eigenvalue weighted by Gasteiger charge is 2.28. The highest BCUT2D eigenvalue weighted by Crippen LogP contribution is 2.41. The van der Waals surface area contributed by atoms with Gasteiger partial charge in [0.1, 0.15) is 0 Å². The van der Waals surface area contributed by atoms with Crippen molar-refractivity contribution < 1.29 is 4.79 Å². The molecular weight excluding hydrogens is 312 g/mol. The molecule has 0 aromatic carbocycles. The summed E-state index contributed by atoms with van der Waals surface area (Å²) in [6.07, 6.45) is 13.2. The third-order valence-corrected chi connectivity index (χ3v) is 5.05. The van der Waals surface area contributed by atoms with E-state index in [1.807, 2.05) is 12.1 Å². The van der Waals surface area contributed by atoms with E-state index in [1.54, 1.807) is 12.4 Å². The van der Waals surface area contributed by atoms with Gasteiger partial charge in [-0.15, -0.1) is 0 Å². The summed E-state index contributed by atoms with van der Waals surface area (Å²) in [6.45, 7) is 1.36. The number of allylic oxidation sites excluding steroid dienone is 2. The van der Waals surface area contributed by atoms with Crippen LogP contribution in [0.5, 0.6) is 0 Å². The van der Waals surface area contributed by atoms with Gasteiger partial charge in [0.05, 0.1) is 12.2 Å². The summed E-state index contributed by atoms with van der Waals surface area (Å²) in [5, 5.41) is 7.87. The van der Waals surface area contributed by atoms with E-state index in [-0.39, 0.29) is 11.8 Å². The van der Waals surface area contributed by atoms with Gasteiger partial charge in [0.2, 0.25) is 5.91 Å². The second-order valence-corrected chi connectivity index (χ2v) is 6.96. The van der Waals surface area contributed by atoms with Gasteiger partial charge >= 0.3 is 0 Å². The molecule has 2 heterocycles. The van der Waals surface area contributed by atoms with Crippen molar-refractivity contribution >= 4 is 5.91 Å². The number of hydrogen-bond acceptors (Lipinski definition) is 3. The van der Waals surface area contributed by atoms with Crippen molar-refractivity contribution in [1.82, 2.24) is 20.1 Å². The zero-order valence-corrected chi connectivity index (χ0v) is 14.4. The molecule has 1 atom stereocenters. The quantitative estimate of drug-likeness (QED) is 0.824. The van der Waals surface area contributed by atoms with Crippen LogP contribution in [-0.2, 0) is 11.3 Å². The van der Waals surface area contributed by atoms with Gasteiger partial charge in [-0.3, -0.25) is 14.5 Å². The Morgan fingerprint density at radius 1 is 1.20 bits per heavy atom. The summed E-state index contributed by atoms with van der Waals surface area (Å²) in [4.78, 5) is 16.3. The van der Waals surface area contributed by atoms with E-state index in [1.165, 1.54) is 18.5 Å². The van der Waals surface area contributed by atoms with Gasteiger partial charge in [-0.05, 0) is 50.3 Å². The maximum atomic E-state index is 12.3. The molecule has 0 spiro atoms. The SMILES string of the molecule is O=C(NCCn1nc(-c2ccncc2)cc1C1CC1)C1CC=CCC1. The maximum absolute atomic E-state index is 12.3. The van der Waals surface area contributed by atoms with Gasteiger partial charge in [0, 0.05) is 42.0 Å². The number of carbonyl (C=O) groups excluding carboxylic acids is 1. The molecular formula is C20H24N4O. The molecule has 5 nitrogen and oxygen atoms in total. The molecule has 1 unspecified atom stereocenters. The lowest BCUT2D eigenvalue weighted by Gasteiger charge is -2.17. The standard InChI is InChI=1S/C20H24N4O/c25-20(17-4-2-1-3-5-17)22-12-13-24-19(16-6-7-16)14-18(23-24)15-8-10-21-11-9-15/h1-2,8-11,14,16-17H,3-7,12-13H2,(H,22,25). The van der Waals surface area contributed by atoms with Crippen LogP contribution in [0.2, 0.25) is 0 Å². The molecule has 130 valence electrons. The average molecular weight is 336 g/mol. The van der Waals surface area contributed by atoms with Crippen molar-refractivity contribution in [3.05, 3.63) is 48.4 Å². The molecule has 4 rings (SSSR count). The van der Waals surface area contributed by atoms with Crippen LogP contribution >= 0.6 is 0 Å². The first-order chi connectivity index (χ1) is 12.3. The number of carbonyl (C=O) groups is 1. The van der Waals surface area contributed by atoms with Crippen molar-refractivity contribution in [2.75, 3.05) is 6.54 Å². The van der Waals surface area contributed by atoms with E-state index in [9.17, 15) is 4.79 Å². The molecule has 2 aromatic rings. The highest BCUT2D eigenvalue weighted by atomic mass is 16.1. The molecule has 2 aliphatic carbocycles. The molecule has 2 aromatic heterocycles. The van der Waals surface area contributed by atoms with Crippen LogP contribution in [0.1, 0.15) is 43.7 Å². The minimum atomic E-state index is 0.137. The summed E-state index contributed by atoms with van der Waals surface area (Å²) in [7, 11) is 0. The zero-order chi connectivity index (χ0) is 17.1. The Labute approximate surface area is 148 Å². The number of aromatic nitrogens is 3. The normalized spacial score (nSPS) is 19.8. The second kappa shape index (κ2) is 7.21. The van der Waals surface area contributed by atoms with Crippen molar-refractivity contribution in [2.45, 2.75) is 44.6 Å². The number of nitrogens with zero attached hydrogens (tertiary/aromatic N) is 3. The van der Waals surface area contributed by atoms with Crippen LogP contribution < -0.4 is 5.32 Å². The van der Waals surface area contributed by atoms with Crippen LogP contribution in [0.4, 0.5) is 0 Å². The summed E-state index contributed by atoms with van der Waals surface area (Å²) >= 11 is 0. The Kier molecular flexibility index (Phi) is 4.63. The van der Waals surface area contributed by atoms with Crippen molar-refractivity contribution in [3.8, 4) is 11.3 Å². The lowest BCUT2D eigenvalue weighted by molar-refractivity contribution is -0.125. The third-order valence-electron chi connectivity index (χ3n) is 5.05. The van der Waals surface area contributed by atoms with Crippen molar-refractivity contribution in [1.29, 1.82) is 0 Å². The first-order valence-electron chi connectivity index (χ1n) is 9.22. The molecule has 1 amide bonds. The average Bonchev–Trinajstić information content (AvgIpc) is 3.43. The first-order valence-corrected chi connectivity index (χ1v) is 9.22. The maximum Gasteiger partial charge on any atom is 0.223 e. The van der Waals surface area contributed by atoms with E-state index >= 15 is 0 Å². The summed E-state index contributed by atoms with van der Waals surface area (Å²) in [5.74, 6) is 0.944. The highest BCUT2D eigenvalue weighted by molar-refractivity contribution is 5.78. The van der Waals surface area contributed by atoms with Gasteiger partial charge in [-0.2, -0.15) is 5.10 Å². The Morgan fingerprint density at radius 2 is 2.04 bits per heavy atom. The van der Waals surface area contributed by atoms with Gasteiger partial charge < -0.3 is 5.32 Å². The fourth-order valence-corrected chi connectivity index (χ4v) is 3.44. The van der Waals surface area contributed by atoms with Crippen molar-refractivity contribution in [2.24, 2.45) is 5.92 Å². The van der Waals surface area contributed by atoms with E-state index in [4.69, 9.17) is 5.10 Å². The molecule has 0 aliphatic heterocycles. The van der Waals surface area contributed by atoms with E-state index in [2.05, 4.69) is 33.2 Å². The second-order valence-electron chi connectivity index (χ2n) is 6.96.